The molecule has 4 rings (SSSR count). The number of hydrogen-bond acceptors (Lipinski definition) is 14. The molecule has 3 amide bonds. The third-order valence-electron chi connectivity index (χ3n) is 10.0. The summed E-state index contributed by atoms with van der Waals surface area (Å²) in [6, 6.07) is 7.30. The number of anilines is 1. The van der Waals surface area contributed by atoms with Gasteiger partial charge in [0.2, 0.25) is 5.91 Å². The molecule has 7 N–H and O–H groups in total. The van der Waals surface area contributed by atoms with E-state index in [2.05, 4.69) is 35.5 Å². The van der Waals surface area contributed by atoms with Crippen molar-refractivity contribution in [2.75, 3.05) is 109 Å². The number of carboxylic acid groups (broad SMARTS) is 2. The summed E-state index contributed by atoms with van der Waals surface area (Å²) >= 11 is 1.90. The molecule has 304 valence electrons. The number of carbonyl (C=O) groups excluding carboxylic acids is 2. The van der Waals surface area contributed by atoms with Gasteiger partial charge in [-0.1, -0.05) is 25.0 Å². The number of aliphatic carboxylic acids is 2. The van der Waals surface area contributed by atoms with Crippen LogP contribution in [0.5, 0.6) is 0 Å². The van der Waals surface area contributed by atoms with E-state index >= 15 is 0 Å². The van der Waals surface area contributed by atoms with Crippen molar-refractivity contribution in [2.45, 2.75) is 55.5 Å². The Morgan fingerprint density at radius 2 is 1.46 bits per heavy atom. The second-order valence-corrected chi connectivity index (χ2v) is 15.2. The van der Waals surface area contributed by atoms with Crippen molar-refractivity contribution in [1.29, 1.82) is 0 Å². The molecule has 0 bridgehead atoms. The van der Waals surface area contributed by atoms with E-state index in [1.54, 1.807) is 17.0 Å². The van der Waals surface area contributed by atoms with Crippen LogP contribution in [0.1, 0.15) is 31.2 Å². The van der Waals surface area contributed by atoms with Gasteiger partial charge in [-0.2, -0.15) is 11.8 Å². The summed E-state index contributed by atoms with van der Waals surface area (Å²) in [5.74, 6) is -1.32. The summed E-state index contributed by atoms with van der Waals surface area (Å²) in [5, 5.41) is 46.8. The summed E-state index contributed by atoms with van der Waals surface area (Å²) in [6.07, 6.45) is 4.31. The van der Waals surface area contributed by atoms with Crippen LogP contribution in [0.4, 0.5) is 10.5 Å². The number of ether oxygens (including phenoxy) is 1. The third kappa shape index (κ3) is 15.6. The van der Waals surface area contributed by atoms with Gasteiger partial charge in [0.1, 0.15) is 6.61 Å². The zero-order valence-corrected chi connectivity index (χ0v) is 31.6. The van der Waals surface area contributed by atoms with Gasteiger partial charge in [-0.15, -0.1) is 0 Å². The van der Waals surface area contributed by atoms with E-state index in [9.17, 15) is 29.4 Å². The molecule has 18 nitrogen and oxygen atoms in total. The van der Waals surface area contributed by atoms with Crippen LogP contribution in [0, 0.1) is 0 Å². The molecule has 4 unspecified atom stereocenters. The topological polar surface area (TPSA) is 226 Å². The first-order valence-electron chi connectivity index (χ1n) is 18.7. The molecule has 3 aliphatic rings. The monoisotopic (exact) mass is 783 g/mol. The maximum atomic E-state index is 12.6. The molecule has 1 aromatic rings. The van der Waals surface area contributed by atoms with Crippen LogP contribution < -0.4 is 16.0 Å². The average Bonchev–Trinajstić information content (AvgIpc) is 3.69. The molecule has 0 aliphatic carbocycles. The first kappa shape index (κ1) is 43.6. The number of nitrogens with one attached hydrogen (secondary N) is 3. The SMILES string of the molecule is O=C(O)CN1CCN(CCOO)CCN(CCOO)CCN(CC(=O)O)C(Cc2ccc(NC(=O)COCCCCCC3SCC4NC(=O)NC43)cc2)C1. The number of benzene rings is 1. The van der Waals surface area contributed by atoms with Crippen LogP contribution in [-0.4, -0.2) is 192 Å². The van der Waals surface area contributed by atoms with Crippen molar-refractivity contribution in [3.8, 4) is 0 Å². The van der Waals surface area contributed by atoms with Crippen LogP contribution in [0.2, 0.25) is 0 Å². The molecular formula is C35H57N7O11S. The Balaban J connectivity index is 1.30. The second-order valence-electron chi connectivity index (χ2n) is 14.0. The fourth-order valence-corrected chi connectivity index (χ4v) is 8.72. The fraction of sp³-hybridized carbons (Fsp3) is 0.714. The summed E-state index contributed by atoms with van der Waals surface area (Å²) < 4.78 is 5.61. The van der Waals surface area contributed by atoms with Crippen LogP contribution in [0.3, 0.4) is 0 Å². The van der Waals surface area contributed by atoms with E-state index in [-0.39, 0.29) is 69.5 Å². The van der Waals surface area contributed by atoms with E-state index in [0.717, 1.165) is 37.0 Å². The molecule has 3 heterocycles. The summed E-state index contributed by atoms with van der Waals surface area (Å²) in [7, 11) is 0. The van der Waals surface area contributed by atoms with Crippen LogP contribution in [-0.2, 0) is 35.3 Å². The molecule has 0 spiro atoms. The van der Waals surface area contributed by atoms with Gasteiger partial charge in [-0.3, -0.25) is 44.5 Å². The van der Waals surface area contributed by atoms with E-state index in [0.29, 0.717) is 76.3 Å². The van der Waals surface area contributed by atoms with Crippen molar-refractivity contribution < 1.29 is 54.4 Å². The maximum Gasteiger partial charge on any atom is 0.317 e. The zero-order chi connectivity index (χ0) is 38.7. The Hall–Kier alpha value is -3.11. The highest BCUT2D eigenvalue weighted by Gasteiger charge is 2.42. The van der Waals surface area contributed by atoms with Crippen molar-refractivity contribution in [2.24, 2.45) is 0 Å². The predicted molar refractivity (Wildman–Crippen MR) is 201 cm³/mol. The molecule has 0 radical (unpaired) electrons. The Kier molecular flexibility index (Phi) is 19.2. The fourth-order valence-electron chi connectivity index (χ4n) is 7.17. The lowest BCUT2D eigenvalue weighted by Gasteiger charge is -2.38. The first-order valence-corrected chi connectivity index (χ1v) is 19.7. The van der Waals surface area contributed by atoms with E-state index in [4.69, 9.17) is 15.3 Å². The van der Waals surface area contributed by atoms with Crippen LogP contribution >= 0.6 is 11.8 Å². The van der Waals surface area contributed by atoms with Gasteiger partial charge in [0.15, 0.2) is 0 Å². The standard InChI is InChI=1S/C35H57N7O11S/c43-31(24-51-17-3-1-2-4-30-34-29(25-54-30)37-35(48)38-34)36-27-7-5-26(6-8-27)20-28-21-41(22-32(44)45)12-11-39(15-18-52-49)9-10-40(16-19-53-50)13-14-42(28)23-33(46)47/h5-8,28-30,34,49-50H,1-4,9-25H2,(H,36,43)(H,44,45)(H,46,47)(H2,37,38,48). The number of unbranched alkanes of at least 4 members (excludes halogenated alkanes) is 2. The minimum atomic E-state index is -1.00. The lowest BCUT2D eigenvalue weighted by molar-refractivity contribution is -0.245. The van der Waals surface area contributed by atoms with Crippen molar-refractivity contribution >= 4 is 41.3 Å². The highest BCUT2D eigenvalue weighted by molar-refractivity contribution is 8.00. The van der Waals surface area contributed by atoms with Gasteiger partial charge in [-0.05, 0) is 37.0 Å². The number of thioether (sulfide) groups is 1. The molecule has 0 saturated carbocycles. The number of nitrogens with zero attached hydrogens (tertiary/aromatic N) is 4. The van der Waals surface area contributed by atoms with E-state index in [1.807, 2.05) is 28.8 Å². The molecule has 54 heavy (non-hydrogen) atoms. The number of rotatable bonds is 21. The van der Waals surface area contributed by atoms with E-state index in [1.165, 1.54) is 0 Å². The van der Waals surface area contributed by atoms with Gasteiger partial charge in [0, 0.05) is 88.2 Å². The Morgan fingerprint density at radius 1 is 0.815 bits per heavy atom. The molecule has 0 aromatic heterocycles. The number of fused-ring (bicyclic) bond motifs is 1. The average molecular weight is 784 g/mol. The van der Waals surface area contributed by atoms with Gasteiger partial charge in [-0.25, -0.2) is 14.6 Å². The minimum Gasteiger partial charge on any atom is -0.480 e. The third-order valence-corrected chi connectivity index (χ3v) is 11.5. The largest absolute Gasteiger partial charge is 0.480 e. The highest BCUT2D eigenvalue weighted by atomic mass is 32.2. The zero-order valence-electron chi connectivity index (χ0n) is 30.8. The molecule has 1 aromatic carbocycles. The Labute approximate surface area is 320 Å². The second kappa shape index (κ2) is 23.7. The number of carbonyl (C=O) groups is 4. The van der Waals surface area contributed by atoms with Crippen molar-refractivity contribution in [3.63, 3.8) is 0 Å². The summed E-state index contributed by atoms with van der Waals surface area (Å²) in [5.41, 5.74) is 1.48. The molecule has 4 atom stereocenters. The molecule has 3 fully saturated rings. The molecule has 3 saturated heterocycles. The van der Waals surface area contributed by atoms with Gasteiger partial charge < -0.3 is 30.9 Å². The van der Waals surface area contributed by atoms with Crippen LogP contribution in [0.15, 0.2) is 24.3 Å². The first-order chi connectivity index (χ1) is 26.1. The predicted octanol–water partition coefficient (Wildman–Crippen LogP) is 0.649. The van der Waals surface area contributed by atoms with E-state index < -0.39 is 11.9 Å². The smallest absolute Gasteiger partial charge is 0.317 e. The Bertz CT molecular complexity index is 1320. The summed E-state index contributed by atoms with van der Waals surface area (Å²) in [4.78, 5) is 64.5. The van der Waals surface area contributed by atoms with Gasteiger partial charge in [0.05, 0.1) is 38.4 Å². The number of hydrogen-bond donors (Lipinski definition) is 7. The lowest BCUT2D eigenvalue weighted by atomic mass is 10.0. The normalized spacial score (nSPS) is 23.6. The van der Waals surface area contributed by atoms with Crippen LogP contribution in [0.25, 0.3) is 0 Å². The summed E-state index contributed by atoms with van der Waals surface area (Å²) in [6.45, 7) is 4.09. The quantitative estimate of drug-likeness (QED) is 0.0393. The highest BCUT2D eigenvalue weighted by Crippen LogP contribution is 2.33. The van der Waals surface area contributed by atoms with Crippen molar-refractivity contribution in [3.05, 3.63) is 29.8 Å². The lowest BCUT2D eigenvalue weighted by Crippen LogP contribution is -2.53. The van der Waals surface area contributed by atoms with Gasteiger partial charge in [0.25, 0.3) is 0 Å². The number of urea groups is 1. The Morgan fingerprint density at radius 3 is 2.11 bits per heavy atom. The molecular weight excluding hydrogens is 726 g/mol. The van der Waals surface area contributed by atoms with Crippen molar-refractivity contribution in [1.82, 2.24) is 30.2 Å². The molecule has 3 aliphatic heterocycles. The minimum absolute atomic E-state index is 0.0702. The molecule has 19 heteroatoms. The number of amides is 3. The maximum absolute atomic E-state index is 12.6. The van der Waals surface area contributed by atoms with Gasteiger partial charge >= 0.3 is 18.0 Å². The number of carboxylic acids is 2.